The first-order chi connectivity index (χ1) is 6.71. The van der Waals surface area contributed by atoms with Gasteiger partial charge in [-0.3, -0.25) is 0 Å². The number of benzene rings is 1. The molecular formula is C13H20O. The van der Waals surface area contributed by atoms with E-state index in [4.69, 9.17) is 4.74 Å². The van der Waals surface area contributed by atoms with Crippen molar-refractivity contribution in [2.75, 3.05) is 13.2 Å². The fourth-order valence-corrected chi connectivity index (χ4v) is 1.53. The first kappa shape index (κ1) is 11.3. The lowest BCUT2D eigenvalue weighted by Gasteiger charge is -2.38. The van der Waals surface area contributed by atoms with E-state index in [9.17, 15) is 0 Å². The molecule has 0 bridgehead atoms. The van der Waals surface area contributed by atoms with Crippen molar-refractivity contribution in [2.45, 2.75) is 33.1 Å². The Kier molecular flexibility index (Phi) is 3.70. The standard InChI is InChI=1S/C11H14O.C2H6/c1-9-3-5-10(6-4-9)11(2)7-12-8-11;1-2/h3-6H,7-8H2,1-2H3;1-2H3. The second kappa shape index (κ2) is 4.61. The Labute approximate surface area is 87.1 Å². The molecule has 0 radical (unpaired) electrons. The van der Waals surface area contributed by atoms with Gasteiger partial charge in [-0.15, -0.1) is 0 Å². The van der Waals surface area contributed by atoms with Gasteiger partial charge in [0.05, 0.1) is 13.2 Å². The first-order valence-corrected chi connectivity index (χ1v) is 5.36. The molecule has 0 saturated carbocycles. The van der Waals surface area contributed by atoms with Crippen molar-refractivity contribution >= 4 is 0 Å². The van der Waals surface area contributed by atoms with Crippen LogP contribution in [-0.4, -0.2) is 13.2 Å². The number of rotatable bonds is 1. The van der Waals surface area contributed by atoms with Crippen LogP contribution in [0.4, 0.5) is 0 Å². The predicted molar refractivity (Wildman–Crippen MR) is 60.7 cm³/mol. The van der Waals surface area contributed by atoms with Crippen LogP contribution in [0.25, 0.3) is 0 Å². The Morgan fingerprint density at radius 1 is 1.07 bits per heavy atom. The highest BCUT2D eigenvalue weighted by Gasteiger charge is 2.34. The third-order valence-electron chi connectivity index (χ3n) is 2.59. The average molecular weight is 192 g/mol. The molecule has 1 aromatic carbocycles. The predicted octanol–water partition coefficient (Wildman–Crippen LogP) is 3.31. The number of hydrogen-bond donors (Lipinski definition) is 0. The van der Waals surface area contributed by atoms with Gasteiger partial charge in [0, 0.05) is 5.41 Å². The minimum Gasteiger partial charge on any atom is -0.379 e. The quantitative estimate of drug-likeness (QED) is 0.663. The number of hydrogen-bond acceptors (Lipinski definition) is 1. The van der Waals surface area contributed by atoms with E-state index < -0.39 is 0 Å². The average Bonchev–Trinajstić information content (AvgIpc) is 2.19. The molecule has 1 aliphatic heterocycles. The Bertz CT molecular complexity index is 270. The molecule has 2 rings (SSSR count). The summed E-state index contributed by atoms with van der Waals surface area (Å²) in [4.78, 5) is 0. The van der Waals surface area contributed by atoms with E-state index in [0.717, 1.165) is 13.2 Å². The molecule has 1 aliphatic rings. The summed E-state index contributed by atoms with van der Waals surface area (Å²) >= 11 is 0. The van der Waals surface area contributed by atoms with Gasteiger partial charge >= 0.3 is 0 Å². The summed E-state index contributed by atoms with van der Waals surface area (Å²) in [5.74, 6) is 0. The fraction of sp³-hybridized carbons (Fsp3) is 0.538. The molecule has 1 saturated heterocycles. The molecule has 1 nitrogen and oxygen atoms in total. The van der Waals surface area contributed by atoms with E-state index in [1.54, 1.807) is 0 Å². The van der Waals surface area contributed by atoms with E-state index in [1.165, 1.54) is 11.1 Å². The van der Waals surface area contributed by atoms with E-state index in [-0.39, 0.29) is 5.41 Å². The van der Waals surface area contributed by atoms with Crippen molar-refractivity contribution in [1.82, 2.24) is 0 Å². The zero-order chi connectivity index (χ0) is 10.6. The highest BCUT2D eigenvalue weighted by atomic mass is 16.5. The van der Waals surface area contributed by atoms with E-state index in [0.29, 0.717) is 0 Å². The summed E-state index contributed by atoms with van der Waals surface area (Å²) in [6.45, 7) is 10.1. The smallest absolute Gasteiger partial charge is 0.0582 e. The first-order valence-electron chi connectivity index (χ1n) is 5.36. The van der Waals surface area contributed by atoms with Crippen LogP contribution in [0.2, 0.25) is 0 Å². The normalized spacial score (nSPS) is 17.7. The second-order valence-electron chi connectivity index (χ2n) is 3.92. The molecule has 1 aromatic rings. The summed E-state index contributed by atoms with van der Waals surface area (Å²) in [7, 11) is 0. The second-order valence-corrected chi connectivity index (χ2v) is 3.92. The highest BCUT2D eigenvalue weighted by Crippen LogP contribution is 2.31. The SMILES string of the molecule is CC.Cc1ccc(C2(C)COC2)cc1. The van der Waals surface area contributed by atoms with Gasteiger partial charge in [-0.05, 0) is 12.5 Å². The van der Waals surface area contributed by atoms with E-state index >= 15 is 0 Å². The monoisotopic (exact) mass is 192 g/mol. The van der Waals surface area contributed by atoms with Crippen LogP contribution in [-0.2, 0) is 10.2 Å². The van der Waals surface area contributed by atoms with Gasteiger partial charge in [-0.25, -0.2) is 0 Å². The molecule has 0 N–H and O–H groups in total. The molecule has 0 spiro atoms. The van der Waals surface area contributed by atoms with Crippen molar-refractivity contribution < 1.29 is 4.74 Å². The number of aryl methyl sites for hydroxylation is 1. The zero-order valence-electron chi connectivity index (χ0n) is 9.63. The molecule has 0 aliphatic carbocycles. The maximum atomic E-state index is 5.22. The van der Waals surface area contributed by atoms with Gasteiger partial charge in [0.2, 0.25) is 0 Å². The molecule has 0 aromatic heterocycles. The van der Waals surface area contributed by atoms with Crippen molar-refractivity contribution in [2.24, 2.45) is 0 Å². The van der Waals surface area contributed by atoms with Crippen LogP contribution in [0.5, 0.6) is 0 Å². The summed E-state index contributed by atoms with van der Waals surface area (Å²) in [5.41, 5.74) is 3.01. The van der Waals surface area contributed by atoms with Crippen molar-refractivity contribution in [3.63, 3.8) is 0 Å². The number of ether oxygens (including phenoxy) is 1. The fourth-order valence-electron chi connectivity index (χ4n) is 1.53. The van der Waals surface area contributed by atoms with Gasteiger partial charge < -0.3 is 4.74 Å². The van der Waals surface area contributed by atoms with Crippen LogP contribution in [0.15, 0.2) is 24.3 Å². The summed E-state index contributed by atoms with van der Waals surface area (Å²) in [5, 5.41) is 0. The van der Waals surface area contributed by atoms with Gasteiger partial charge in [0.1, 0.15) is 0 Å². The third kappa shape index (κ3) is 2.16. The lowest BCUT2D eigenvalue weighted by atomic mass is 9.81. The summed E-state index contributed by atoms with van der Waals surface area (Å²) in [6.07, 6.45) is 0. The summed E-state index contributed by atoms with van der Waals surface area (Å²) in [6, 6.07) is 8.74. The highest BCUT2D eigenvalue weighted by molar-refractivity contribution is 5.29. The van der Waals surface area contributed by atoms with E-state index in [1.807, 2.05) is 13.8 Å². The zero-order valence-corrected chi connectivity index (χ0v) is 9.63. The summed E-state index contributed by atoms with van der Waals surface area (Å²) < 4.78 is 5.22. The molecule has 1 heteroatoms. The largest absolute Gasteiger partial charge is 0.379 e. The molecule has 78 valence electrons. The van der Waals surface area contributed by atoms with Gasteiger partial charge in [-0.1, -0.05) is 50.6 Å². The van der Waals surface area contributed by atoms with Gasteiger partial charge in [0.15, 0.2) is 0 Å². The van der Waals surface area contributed by atoms with E-state index in [2.05, 4.69) is 38.1 Å². The Morgan fingerprint density at radius 3 is 1.93 bits per heavy atom. The lowest BCUT2D eigenvalue weighted by Crippen LogP contribution is -2.43. The Balaban J connectivity index is 0.000000461. The maximum absolute atomic E-state index is 5.22. The van der Waals surface area contributed by atoms with Gasteiger partial charge in [-0.2, -0.15) is 0 Å². The molecular weight excluding hydrogens is 172 g/mol. The van der Waals surface area contributed by atoms with Crippen molar-refractivity contribution in [1.29, 1.82) is 0 Å². The molecule has 0 atom stereocenters. The van der Waals surface area contributed by atoms with Crippen LogP contribution < -0.4 is 0 Å². The lowest BCUT2D eigenvalue weighted by molar-refractivity contribution is -0.0500. The minimum atomic E-state index is 0.285. The van der Waals surface area contributed by atoms with Crippen LogP contribution in [0.1, 0.15) is 31.9 Å². The van der Waals surface area contributed by atoms with Gasteiger partial charge in [0.25, 0.3) is 0 Å². The molecule has 0 amide bonds. The van der Waals surface area contributed by atoms with Crippen molar-refractivity contribution in [3.8, 4) is 0 Å². The Hall–Kier alpha value is -0.820. The Morgan fingerprint density at radius 2 is 1.57 bits per heavy atom. The van der Waals surface area contributed by atoms with Crippen LogP contribution in [0.3, 0.4) is 0 Å². The minimum absolute atomic E-state index is 0.285. The third-order valence-corrected chi connectivity index (χ3v) is 2.59. The van der Waals surface area contributed by atoms with Crippen LogP contribution >= 0.6 is 0 Å². The maximum Gasteiger partial charge on any atom is 0.0582 e. The van der Waals surface area contributed by atoms with Crippen molar-refractivity contribution in [3.05, 3.63) is 35.4 Å². The molecule has 14 heavy (non-hydrogen) atoms. The topological polar surface area (TPSA) is 9.23 Å². The van der Waals surface area contributed by atoms with Crippen LogP contribution in [0, 0.1) is 6.92 Å². The molecule has 1 heterocycles. The molecule has 0 unspecified atom stereocenters. The molecule has 1 fully saturated rings.